The van der Waals surface area contributed by atoms with Crippen molar-refractivity contribution in [2.45, 2.75) is 20.5 Å². The quantitative estimate of drug-likeness (QED) is 0.159. The van der Waals surface area contributed by atoms with Crippen LogP contribution < -0.4 is 14.2 Å². The Morgan fingerprint density at radius 3 is 1.88 bits per heavy atom. The number of aromatic hydroxyl groups is 1. The second-order valence-corrected chi connectivity index (χ2v) is 9.20. The molecule has 4 aromatic carbocycles. The number of benzene rings is 4. The Labute approximate surface area is 248 Å². The average Bonchev–Trinajstić information content (AvgIpc) is 3.02. The largest absolute Gasteiger partial charge is 0.505 e. The van der Waals surface area contributed by atoms with Crippen LogP contribution in [-0.2, 0) is 16.1 Å². The van der Waals surface area contributed by atoms with E-state index in [9.17, 15) is 14.7 Å². The van der Waals surface area contributed by atoms with Crippen LogP contribution in [0.25, 0.3) is 10.8 Å². The maximum Gasteiger partial charge on any atom is 0.360 e. The molecule has 218 valence electrons. The molecule has 0 aliphatic rings. The summed E-state index contributed by atoms with van der Waals surface area (Å²) in [5, 5.41) is 11.6. The predicted octanol–water partition coefficient (Wildman–Crippen LogP) is 7.46. The highest BCUT2D eigenvalue weighted by Crippen LogP contribution is 2.38. The number of esters is 2. The van der Waals surface area contributed by atoms with Crippen LogP contribution in [0.4, 0.5) is 0 Å². The Bertz CT molecular complexity index is 1740. The van der Waals surface area contributed by atoms with Gasteiger partial charge in [-0.15, -0.1) is 0 Å². The fourth-order valence-corrected chi connectivity index (χ4v) is 4.32. The molecule has 0 atom stereocenters. The van der Waals surface area contributed by atoms with Crippen molar-refractivity contribution in [3.05, 3.63) is 114 Å². The fraction of sp³-hybridized carbons (Fsp3) is 0.147. The molecule has 0 aliphatic carbocycles. The first-order valence-electron chi connectivity index (χ1n) is 13.7. The van der Waals surface area contributed by atoms with Crippen LogP contribution in [0.5, 0.6) is 34.6 Å². The van der Waals surface area contributed by atoms with E-state index in [0.717, 1.165) is 0 Å². The third-order valence-corrected chi connectivity index (χ3v) is 6.28. The summed E-state index contributed by atoms with van der Waals surface area (Å²) in [5.41, 5.74) is 0.446. The number of aromatic nitrogens is 1. The van der Waals surface area contributed by atoms with Gasteiger partial charge in [0.25, 0.3) is 0 Å². The zero-order valence-electron chi connectivity index (χ0n) is 23.6. The number of nitrogens with zero attached hydrogens (tertiary/aromatic N) is 1. The van der Waals surface area contributed by atoms with E-state index in [-0.39, 0.29) is 42.7 Å². The molecule has 1 aromatic heterocycles. The monoisotopic (exact) mass is 579 g/mol. The van der Waals surface area contributed by atoms with Crippen molar-refractivity contribution < 1.29 is 38.4 Å². The Kier molecular flexibility index (Phi) is 9.02. The summed E-state index contributed by atoms with van der Waals surface area (Å²) in [7, 11) is 0. The highest BCUT2D eigenvalue weighted by molar-refractivity contribution is 6.01. The van der Waals surface area contributed by atoms with Crippen molar-refractivity contribution in [2.24, 2.45) is 0 Å². The maximum atomic E-state index is 12.8. The molecule has 0 saturated heterocycles. The highest BCUT2D eigenvalue weighted by atomic mass is 16.5. The molecule has 0 radical (unpaired) electrons. The molecule has 0 saturated carbocycles. The number of hydrogen-bond donors (Lipinski definition) is 1. The first-order valence-corrected chi connectivity index (χ1v) is 13.7. The van der Waals surface area contributed by atoms with Gasteiger partial charge in [0.1, 0.15) is 29.6 Å². The summed E-state index contributed by atoms with van der Waals surface area (Å²) in [6.07, 6.45) is 0. The second-order valence-electron chi connectivity index (χ2n) is 9.20. The molecule has 43 heavy (non-hydrogen) atoms. The zero-order chi connectivity index (χ0) is 30.2. The lowest BCUT2D eigenvalue weighted by Gasteiger charge is -2.16. The van der Waals surface area contributed by atoms with Gasteiger partial charge in [0.05, 0.1) is 24.2 Å². The third kappa shape index (κ3) is 6.84. The van der Waals surface area contributed by atoms with Crippen LogP contribution in [0.3, 0.4) is 0 Å². The van der Waals surface area contributed by atoms with E-state index in [1.54, 1.807) is 50.2 Å². The summed E-state index contributed by atoms with van der Waals surface area (Å²) in [5.74, 6) is 0.513. The van der Waals surface area contributed by atoms with E-state index >= 15 is 0 Å². The van der Waals surface area contributed by atoms with Gasteiger partial charge in [0.15, 0.2) is 11.4 Å². The van der Waals surface area contributed by atoms with E-state index in [1.807, 2.05) is 60.7 Å². The van der Waals surface area contributed by atoms with Crippen LogP contribution in [0.2, 0.25) is 0 Å². The minimum atomic E-state index is -0.804. The second kappa shape index (κ2) is 13.4. The number of hydrogen-bond acceptors (Lipinski definition) is 9. The minimum absolute atomic E-state index is 0.0264. The molecule has 9 heteroatoms. The average molecular weight is 580 g/mol. The first-order chi connectivity index (χ1) is 21.0. The fourth-order valence-electron chi connectivity index (χ4n) is 4.32. The summed E-state index contributed by atoms with van der Waals surface area (Å²) in [4.78, 5) is 29.8. The molecule has 9 nitrogen and oxygen atoms in total. The van der Waals surface area contributed by atoms with E-state index in [4.69, 9.17) is 23.7 Å². The first kappa shape index (κ1) is 28.9. The van der Waals surface area contributed by atoms with Gasteiger partial charge in [-0.3, -0.25) is 0 Å². The van der Waals surface area contributed by atoms with E-state index < -0.39 is 11.9 Å². The van der Waals surface area contributed by atoms with Crippen molar-refractivity contribution in [1.29, 1.82) is 0 Å². The Morgan fingerprint density at radius 2 is 1.26 bits per heavy atom. The molecule has 0 aliphatic heterocycles. The van der Waals surface area contributed by atoms with Crippen LogP contribution >= 0.6 is 0 Å². The van der Waals surface area contributed by atoms with Gasteiger partial charge in [0.2, 0.25) is 5.88 Å². The summed E-state index contributed by atoms with van der Waals surface area (Å²) in [6.45, 7) is 3.52. The van der Waals surface area contributed by atoms with Gasteiger partial charge in [0, 0.05) is 10.9 Å². The lowest BCUT2D eigenvalue weighted by Crippen LogP contribution is -2.12. The number of pyridine rings is 1. The van der Waals surface area contributed by atoms with Crippen molar-refractivity contribution in [3.8, 4) is 34.6 Å². The summed E-state index contributed by atoms with van der Waals surface area (Å²) in [6, 6.07) is 28.3. The number of rotatable bonds is 11. The van der Waals surface area contributed by atoms with Crippen LogP contribution in [0.1, 0.15) is 40.3 Å². The Hall–Kier alpha value is -5.57. The topological polar surface area (TPSA) is 113 Å². The smallest absolute Gasteiger partial charge is 0.360 e. The van der Waals surface area contributed by atoms with Crippen molar-refractivity contribution in [2.75, 3.05) is 13.2 Å². The molecule has 0 spiro atoms. The maximum absolute atomic E-state index is 12.8. The van der Waals surface area contributed by atoms with Gasteiger partial charge in [-0.25, -0.2) is 14.6 Å². The van der Waals surface area contributed by atoms with Gasteiger partial charge >= 0.3 is 11.9 Å². The molecule has 5 aromatic rings. The molecule has 0 bridgehead atoms. The highest BCUT2D eigenvalue weighted by Gasteiger charge is 2.23. The van der Waals surface area contributed by atoms with Crippen LogP contribution in [0.15, 0.2) is 97.1 Å². The number of para-hydroxylation sites is 2. The predicted molar refractivity (Wildman–Crippen MR) is 159 cm³/mol. The molecular formula is C34H29NO8. The van der Waals surface area contributed by atoms with Gasteiger partial charge < -0.3 is 28.8 Å². The number of carbonyl (C=O) groups is 2. The number of ether oxygens (including phenoxy) is 5. The lowest BCUT2D eigenvalue weighted by atomic mass is 10.1. The van der Waals surface area contributed by atoms with Crippen molar-refractivity contribution in [3.63, 3.8) is 0 Å². The molecule has 1 heterocycles. The molecule has 1 N–H and O–H groups in total. The van der Waals surface area contributed by atoms with E-state index in [0.29, 0.717) is 39.3 Å². The van der Waals surface area contributed by atoms with E-state index in [1.165, 1.54) is 0 Å². The molecule has 0 unspecified atom stereocenters. The minimum Gasteiger partial charge on any atom is -0.505 e. The molecule has 5 rings (SSSR count). The SMILES string of the molecule is CCOC(=O)c1ccc(Oc2ccccc2)cc1COc1nc(C(=O)OCC)c(O)c2ccc(Oc3ccccc3)cc12. The van der Waals surface area contributed by atoms with Crippen molar-refractivity contribution in [1.82, 2.24) is 4.98 Å². The van der Waals surface area contributed by atoms with Gasteiger partial charge in [-0.05, 0) is 74.5 Å². The lowest BCUT2D eigenvalue weighted by molar-refractivity contribution is 0.0510. The van der Waals surface area contributed by atoms with Gasteiger partial charge in [-0.1, -0.05) is 36.4 Å². The Morgan fingerprint density at radius 1 is 0.674 bits per heavy atom. The molecule has 0 fully saturated rings. The van der Waals surface area contributed by atoms with Gasteiger partial charge in [-0.2, -0.15) is 0 Å². The zero-order valence-corrected chi connectivity index (χ0v) is 23.6. The molecule has 0 amide bonds. The normalized spacial score (nSPS) is 10.7. The van der Waals surface area contributed by atoms with Crippen LogP contribution in [-0.4, -0.2) is 35.2 Å². The van der Waals surface area contributed by atoms with E-state index in [2.05, 4.69) is 4.98 Å². The molecular weight excluding hydrogens is 550 g/mol. The summed E-state index contributed by atoms with van der Waals surface area (Å²) < 4.78 is 28.5. The van der Waals surface area contributed by atoms with Crippen LogP contribution in [0, 0.1) is 0 Å². The number of carbonyl (C=O) groups excluding carboxylic acids is 2. The third-order valence-electron chi connectivity index (χ3n) is 6.28. The standard InChI is InChI=1S/C34H29NO8/c1-3-39-33(37)27-17-15-25(42-23-11-7-5-8-12-23)19-22(27)21-41-32-29-20-26(43-24-13-9-6-10-14-24)16-18-28(29)31(36)30(35-32)34(38)40-4-2/h5-20,36H,3-4,21H2,1-2H3. The summed E-state index contributed by atoms with van der Waals surface area (Å²) >= 11 is 0. The number of fused-ring (bicyclic) bond motifs is 1. The Balaban J connectivity index is 1.54. The van der Waals surface area contributed by atoms with Crippen molar-refractivity contribution >= 4 is 22.7 Å².